The molecule has 3 aromatic carbocycles. The van der Waals surface area contributed by atoms with Crippen LogP contribution in [-0.4, -0.2) is 48.0 Å². The molecule has 2 N–H and O–H groups in total. The van der Waals surface area contributed by atoms with Crippen LogP contribution in [0.4, 0.5) is 5.69 Å². The van der Waals surface area contributed by atoms with Crippen molar-refractivity contribution in [3.05, 3.63) is 90.1 Å². The molecule has 1 aliphatic rings. The van der Waals surface area contributed by atoms with E-state index in [9.17, 15) is 9.59 Å². The Morgan fingerprint density at radius 3 is 2.42 bits per heavy atom. The molecule has 1 aliphatic carbocycles. The van der Waals surface area contributed by atoms with E-state index >= 15 is 0 Å². The largest absolute Gasteiger partial charge is 0.497 e. The predicted molar refractivity (Wildman–Crippen MR) is 149 cm³/mol. The summed E-state index contributed by atoms with van der Waals surface area (Å²) in [6.45, 7) is 0.419. The molecule has 0 bridgehead atoms. The molecule has 0 atom stereocenters. The van der Waals surface area contributed by atoms with Crippen molar-refractivity contribution in [3.8, 4) is 11.5 Å². The van der Waals surface area contributed by atoms with E-state index in [-0.39, 0.29) is 11.8 Å². The SMILES string of the molecule is COc1ccc(NC(=O)C2(N(CCc3c[nH]c4ccccc34)C(=O)c3ccccc3)CCCC2)c(OC)c1. The number of benzene rings is 3. The van der Waals surface area contributed by atoms with Crippen molar-refractivity contribution in [2.45, 2.75) is 37.6 Å². The number of amides is 2. The Morgan fingerprint density at radius 2 is 1.68 bits per heavy atom. The number of methoxy groups -OCH3 is 2. The van der Waals surface area contributed by atoms with E-state index in [2.05, 4.69) is 16.4 Å². The van der Waals surface area contributed by atoms with Gasteiger partial charge in [0.1, 0.15) is 17.0 Å². The van der Waals surface area contributed by atoms with E-state index in [0.717, 1.165) is 29.3 Å². The highest BCUT2D eigenvalue weighted by molar-refractivity contribution is 6.04. The van der Waals surface area contributed by atoms with E-state index in [1.165, 1.54) is 0 Å². The molecule has 2 amide bonds. The Bertz CT molecular complexity index is 1420. The fourth-order valence-electron chi connectivity index (χ4n) is 5.54. The Hall–Kier alpha value is -4.26. The van der Waals surface area contributed by atoms with Gasteiger partial charge in [-0.15, -0.1) is 0 Å². The summed E-state index contributed by atoms with van der Waals surface area (Å²) in [5.74, 6) is 0.812. The van der Waals surface area contributed by atoms with Gasteiger partial charge in [0.15, 0.2) is 0 Å². The van der Waals surface area contributed by atoms with Gasteiger partial charge >= 0.3 is 0 Å². The number of ether oxygens (including phenoxy) is 2. The number of anilines is 1. The summed E-state index contributed by atoms with van der Waals surface area (Å²) in [4.78, 5) is 33.3. The molecular formula is C31H33N3O4. The third-order valence-electron chi connectivity index (χ3n) is 7.57. The highest BCUT2D eigenvalue weighted by Gasteiger charge is 2.48. The van der Waals surface area contributed by atoms with Crippen LogP contribution in [0.25, 0.3) is 10.9 Å². The number of aromatic nitrogens is 1. The van der Waals surface area contributed by atoms with E-state index in [1.807, 2.05) is 59.6 Å². The van der Waals surface area contributed by atoms with Gasteiger partial charge < -0.3 is 24.7 Å². The Balaban J connectivity index is 1.49. The second-order valence-electron chi connectivity index (χ2n) is 9.69. The van der Waals surface area contributed by atoms with E-state index in [1.54, 1.807) is 32.4 Å². The molecule has 0 saturated heterocycles. The van der Waals surface area contributed by atoms with Gasteiger partial charge in [-0.1, -0.05) is 49.2 Å². The Kier molecular flexibility index (Phi) is 7.36. The van der Waals surface area contributed by atoms with Crippen molar-refractivity contribution in [2.75, 3.05) is 26.1 Å². The van der Waals surface area contributed by atoms with Gasteiger partial charge in [-0.2, -0.15) is 0 Å². The van der Waals surface area contributed by atoms with Crippen LogP contribution in [0.1, 0.15) is 41.6 Å². The van der Waals surface area contributed by atoms with Gasteiger partial charge in [-0.3, -0.25) is 9.59 Å². The standard InChI is InChI=1S/C31H33N3O4/c1-37-24-14-15-27(28(20-24)38-2)33-30(36)31(17-8-9-18-31)34(29(35)22-10-4-3-5-11-22)19-16-23-21-32-26-13-7-6-12-25(23)26/h3-7,10-15,20-21,32H,8-9,16-19H2,1-2H3,(H,33,36). The number of nitrogens with one attached hydrogen (secondary N) is 2. The highest BCUT2D eigenvalue weighted by Crippen LogP contribution is 2.39. The first kappa shape index (κ1) is 25.4. The molecule has 0 spiro atoms. The first-order valence-corrected chi connectivity index (χ1v) is 13.0. The molecule has 1 saturated carbocycles. The number of hydrogen-bond acceptors (Lipinski definition) is 4. The molecule has 1 fully saturated rings. The maximum Gasteiger partial charge on any atom is 0.254 e. The minimum Gasteiger partial charge on any atom is -0.497 e. The summed E-state index contributed by atoms with van der Waals surface area (Å²) in [5, 5.41) is 4.22. The summed E-state index contributed by atoms with van der Waals surface area (Å²) in [6.07, 6.45) is 5.58. The summed E-state index contributed by atoms with van der Waals surface area (Å²) in [7, 11) is 3.14. The molecule has 5 rings (SSSR count). The quantitative estimate of drug-likeness (QED) is 0.297. The number of para-hydroxylation sites is 1. The highest BCUT2D eigenvalue weighted by atomic mass is 16.5. The molecular weight excluding hydrogens is 478 g/mol. The van der Waals surface area contributed by atoms with E-state index < -0.39 is 5.54 Å². The van der Waals surface area contributed by atoms with Crippen LogP contribution >= 0.6 is 0 Å². The topological polar surface area (TPSA) is 83.7 Å². The van der Waals surface area contributed by atoms with Gasteiger partial charge in [-0.25, -0.2) is 0 Å². The van der Waals surface area contributed by atoms with Crippen LogP contribution in [0.5, 0.6) is 11.5 Å². The maximum atomic E-state index is 14.1. The lowest BCUT2D eigenvalue weighted by Crippen LogP contribution is -2.58. The van der Waals surface area contributed by atoms with Gasteiger partial charge in [0.25, 0.3) is 5.91 Å². The number of fused-ring (bicyclic) bond motifs is 1. The number of hydrogen-bond donors (Lipinski definition) is 2. The summed E-state index contributed by atoms with van der Waals surface area (Å²) >= 11 is 0. The van der Waals surface area contributed by atoms with E-state index in [0.29, 0.717) is 48.6 Å². The van der Waals surface area contributed by atoms with Crippen LogP contribution in [-0.2, 0) is 11.2 Å². The zero-order valence-corrected chi connectivity index (χ0v) is 21.8. The lowest BCUT2D eigenvalue weighted by molar-refractivity contribution is -0.126. The first-order chi connectivity index (χ1) is 18.6. The molecule has 7 heteroatoms. The Labute approximate surface area is 222 Å². The number of H-pyrrole nitrogens is 1. The predicted octanol–water partition coefficient (Wildman–Crippen LogP) is 5.82. The smallest absolute Gasteiger partial charge is 0.254 e. The number of carbonyl (C=O) groups is 2. The third kappa shape index (κ3) is 4.84. The van der Waals surface area contributed by atoms with Crippen molar-refractivity contribution >= 4 is 28.4 Å². The Morgan fingerprint density at radius 1 is 0.947 bits per heavy atom. The average molecular weight is 512 g/mol. The molecule has 0 unspecified atom stereocenters. The maximum absolute atomic E-state index is 14.1. The molecule has 1 aromatic heterocycles. The lowest BCUT2D eigenvalue weighted by atomic mass is 9.91. The van der Waals surface area contributed by atoms with Crippen molar-refractivity contribution in [1.29, 1.82) is 0 Å². The summed E-state index contributed by atoms with van der Waals surface area (Å²) in [5.41, 5.74) is 2.34. The summed E-state index contributed by atoms with van der Waals surface area (Å²) < 4.78 is 10.8. The van der Waals surface area contributed by atoms with Gasteiger partial charge in [0, 0.05) is 35.3 Å². The summed E-state index contributed by atoms with van der Waals surface area (Å²) in [6, 6.07) is 22.7. The van der Waals surface area contributed by atoms with Crippen molar-refractivity contribution < 1.29 is 19.1 Å². The fourth-order valence-corrected chi connectivity index (χ4v) is 5.54. The minimum absolute atomic E-state index is 0.135. The molecule has 7 nitrogen and oxygen atoms in total. The zero-order valence-electron chi connectivity index (χ0n) is 21.8. The third-order valence-corrected chi connectivity index (χ3v) is 7.57. The van der Waals surface area contributed by atoms with Crippen LogP contribution in [0.15, 0.2) is 79.0 Å². The van der Waals surface area contributed by atoms with Crippen LogP contribution in [0.3, 0.4) is 0 Å². The second kappa shape index (κ2) is 11.0. The number of rotatable bonds is 9. The molecule has 0 radical (unpaired) electrons. The number of nitrogens with zero attached hydrogens (tertiary/aromatic N) is 1. The molecule has 196 valence electrons. The zero-order chi connectivity index (χ0) is 26.5. The van der Waals surface area contributed by atoms with E-state index in [4.69, 9.17) is 9.47 Å². The number of aromatic amines is 1. The monoisotopic (exact) mass is 511 g/mol. The van der Waals surface area contributed by atoms with Crippen molar-refractivity contribution in [3.63, 3.8) is 0 Å². The van der Waals surface area contributed by atoms with Gasteiger partial charge in [0.2, 0.25) is 5.91 Å². The minimum atomic E-state index is -0.968. The number of carbonyl (C=O) groups excluding carboxylic acids is 2. The molecule has 4 aromatic rings. The lowest BCUT2D eigenvalue weighted by Gasteiger charge is -2.40. The van der Waals surface area contributed by atoms with Crippen molar-refractivity contribution in [2.24, 2.45) is 0 Å². The molecule has 0 aliphatic heterocycles. The van der Waals surface area contributed by atoms with Crippen LogP contribution in [0.2, 0.25) is 0 Å². The second-order valence-corrected chi connectivity index (χ2v) is 9.69. The van der Waals surface area contributed by atoms with Crippen molar-refractivity contribution in [1.82, 2.24) is 9.88 Å². The average Bonchev–Trinajstić information content (AvgIpc) is 3.62. The fraction of sp³-hybridized carbons (Fsp3) is 0.290. The molecule has 38 heavy (non-hydrogen) atoms. The van der Waals surface area contributed by atoms with Gasteiger partial charge in [0.05, 0.1) is 19.9 Å². The van der Waals surface area contributed by atoms with Crippen LogP contribution in [0, 0.1) is 0 Å². The molecule has 1 heterocycles. The van der Waals surface area contributed by atoms with Crippen LogP contribution < -0.4 is 14.8 Å². The normalized spacial score (nSPS) is 14.3. The van der Waals surface area contributed by atoms with Gasteiger partial charge in [-0.05, 0) is 55.2 Å². The first-order valence-electron chi connectivity index (χ1n) is 13.0.